The standard InChI is InChI=1S/C14H16FN3O4/c1-8(19)16-12-7-11(15)10(6-14(12)18(21)22)13-4-3-5-17(13)9(2)20/h6-7,13H,3-5H2,1-2H3,(H,16,19)/t13-/m1/s1. The Morgan fingerprint density at radius 1 is 1.41 bits per heavy atom. The van der Waals surface area contributed by atoms with Gasteiger partial charge in [-0.2, -0.15) is 0 Å². The Kier molecular flexibility index (Phi) is 4.39. The molecule has 1 aromatic rings. The van der Waals surface area contributed by atoms with Gasteiger partial charge in [-0.1, -0.05) is 0 Å². The Morgan fingerprint density at radius 3 is 2.64 bits per heavy atom. The Morgan fingerprint density at radius 2 is 2.09 bits per heavy atom. The third kappa shape index (κ3) is 3.05. The molecule has 1 saturated heterocycles. The maximum atomic E-state index is 14.3. The highest BCUT2D eigenvalue weighted by molar-refractivity contribution is 5.91. The van der Waals surface area contributed by atoms with Crippen LogP contribution in [0.1, 0.15) is 38.3 Å². The highest BCUT2D eigenvalue weighted by Gasteiger charge is 2.32. The lowest BCUT2D eigenvalue weighted by Crippen LogP contribution is -2.28. The van der Waals surface area contributed by atoms with Gasteiger partial charge in [0.15, 0.2) is 0 Å². The average molecular weight is 309 g/mol. The fourth-order valence-electron chi connectivity index (χ4n) is 2.74. The van der Waals surface area contributed by atoms with Gasteiger partial charge in [0, 0.05) is 38.1 Å². The quantitative estimate of drug-likeness (QED) is 0.685. The highest BCUT2D eigenvalue weighted by Crippen LogP contribution is 2.37. The van der Waals surface area contributed by atoms with Gasteiger partial charge in [0.1, 0.15) is 11.5 Å². The van der Waals surface area contributed by atoms with E-state index in [0.717, 1.165) is 12.1 Å². The van der Waals surface area contributed by atoms with Crippen molar-refractivity contribution in [1.82, 2.24) is 4.90 Å². The lowest BCUT2D eigenvalue weighted by Gasteiger charge is -2.24. The van der Waals surface area contributed by atoms with Gasteiger partial charge in [-0.25, -0.2) is 4.39 Å². The maximum absolute atomic E-state index is 14.3. The first-order chi connectivity index (χ1) is 10.3. The normalized spacial score (nSPS) is 17.4. The number of nitro groups is 1. The Labute approximate surface area is 126 Å². The monoisotopic (exact) mass is 309 g/mol. The lowest BCUT2D eigenvalue weighted by atomic mass is 10.0. The van der Waals surface area contributed by atoms with Crippen LogP contribution in [-0.2, 0) is 9.59 Å². The summed E-state index contributed by atoms with van der Waals surface area (Å²) in [5.74, 6) is -1.40. The van der Waals surface area contributed by atoms with Crippen LogP contribution >= 0.6 is 0 Å². The molecule has 0 spiro atoms. The third-order valence-electron chi connectivity index (χ3n) is 3.64. The summed E-state index contributed by atoms with van der Waals surface area (Å²) >= 11 is 0. The van der Waals surface area contributed by atoms with E-state index in [1.807, 2.05) is 0 Å². The van der Waals surface area contributed by atoms with Gasteiger partial charge in [-0.15, -0.1) is 0 Å². The predicted octanol–water partition coefficient (Wildman–Crippen LogP) is 2.38. The number of nitro benzene ring substituents is 1. The number of halogens is 1. The molecule has 118 valence electrons. The molecule has 1 heterocycles. The van der Waals surface area contributed by atoms with Crippen LogP contribution in [0.25, 0.3) is 0 Å². The van der Waals surface area contributed by atoms with Crippen molar-refractivity contribution in [2.45, 2.75) is 32.7 Å². The molecule has 0 unspecified atom stereocenters. The second kappa shape index (κ2) is 6.08. The predicted molar refractivity (Wildman–Crippen MR) is 76.7 cm³/mol. The fourth-order valence-corrected chi connectivity index (χ4v) is 2.74. The van der Waals surface area contributed by atoms with E-state index in [2.05, 4.69) is 5.32 Å². The molecule has 1 aliphatic heterocycles. The van der Waals surface area contributed by atoms with Crippen molar-refractivity contribution in [3.63, 3.8) is 0 Å². The molecule has 8 heteroatoms. The zero-order valence-electron chi connectivity index (χ0n) is 12.3. The first-order valence-electron chi connectivity index (χ1n) is 6.84. The second-order valence-electron chi connectivity index (χ2n) is 5.20. The molecule has 1 atom stereocenters. The topological polar surface area (TPSA) is 92.6 Å². The van der Waals surface area contributed by atoms with Crippen molar-refractivity contribution in [3.05, 3.63) is 33.6 Å². The van der Waals surface area contributed by atoms with Crippen LogP contribution in [0.15, 0.2) is 12.1 Å². The molecule has 1 aliphatic rings. The van der Waals surface area contributed by atoms with Crippen LogP contribution in [0.5, 0.6) is 0 Å². The van der Waals surface area contributed by atoms with Crippen LogP contribution in [0.3, 0.4) is 0 Å². The molecular weight excluding hydrogens is 293 g/mol. The Hall–Kier alpha value is -2.51. The zero-order chi connectivity index (χ0) is 16.4. The van der Waals surface area contributed by atoms with E-state index < -0.39 is 22.7 Å². The number of hydrogen-bond acceptors (Lipinski definition) is 4. The number of carbonyl (C=O) groups is 2. The summed E-state index contributed by atoms with van der Waals surface area (Å²) in [4.78, 5) is 34.6. The lowest BCUT2D eigenvalue weighted by molar-refractivity contribution is -0.384. The minimum atomic E-state index is -0.679. The summed E-state index contributed by atoms with van der Waals surface area (Å²) < 4.78 is 14.3. The molecule has 0 radical (unpaired) electrons. The van der Waals surface area contributed by atoms with Gasteiger partial charge >= 0.3 is 0 Å². The smallest absolute Gasteiger partial charge is 0.293 e. The molecular formula is C14H16FN3O4. The van der Waals surface area contributed by atoms with Crippen LogP contribution in [0.4, 0.5) is 15.8 Å². The number of nitrogens with zero attached hydrogens (tertiary/aromatic N) is 2. The largest absolute Gasteiger partial charge is 0.336 e. The number of hydrogen-bond donors (Lipinski definition) is 1. The van der Waals surface area contributed by atoms with Gasteiger partial charge in [0.25, 0.3) is 5.69 Å². The summed E-state index contributed by atoms with van der Waals surface area (Å²) in [7, 11) is 0. The summed E-state index contributed by atoms with van der Waals surface area (Å²) in [5.41, 5.74) is -0.471. The van der Waals surface area contributed by atoms with E-state index >= 15 is 0 Å². The summed E-state index contributed by atoms with van der Waals surface area (Å²) in [6, 6.07) is 1.53. The Bertz CT molecular complexity index is 647. The molecule has 22 heavy (non-hydrogen) atoms. The van der Waals surface area contributed by atoms with Crippen LogP contribution < -0.4 is 5.32 Å². The molecule has 1 fully saturated rings. The molecule has 0 aromatic heterocycles. The van der Waals surface area contributed by atoms with Crippen LogP contribution in [-0.4, -0.2) is 28.2 Å². The Balaban J connectivity index is 2.49. The molecule has 0 bridgehead atoms. The first-order valence-corrected chi connectivity index (χ1v) is 6.84. The van der Waals surface area contributed by atoms with Crippen molar-refractivity contribution in [2.75, 3.05) is 11.9 Å². The molecule has 2 rings (SSSR count). The van der Waals surface area contributed by atoms with Gasteiger partial charge in [0.05, 0.1) is 11.0 Å². The average Bonchev–Trinajstić information content (AvgIpc) is 2.86. The van der Waals surface area contributed by atoms with E-state index in [1.54, 1.807) is 0 Å². The fraction of sp³-hybridized carbons (Fsp3) is 0.429. The van der Waals surface area contributed by atoms with Crippen molar-refractivity contribution < 1.29 is 18.9 Å². The first kappa shape index (κ1) is 15.9. The second-order valence-corrected chi connectivity index (χ2v) is 5.20. The number of benzene rings is 1. The van der Waals surface area contributed by atoms with Crippen LogP contribution in [0.2, 0.25) is 0 Å². The SMILES string of the molecule is CC(=O)Nc1cc(F)c([C@H]2CCCN2C(C)=O)cc1[N+](=O)[O-]. The van der Waals surface area contributed by atoms with Crippen molar-refractivity contribution >= 4 is 23.2 Å². The van der Waals surface area contributed by atoms with Gasteiger partial charge in [0.2, 0.25) is 11.8 Å². The molecule has 0 saturated carbocycles. The maximum Gasteiger partial charge on any atom is 0.293 e. The van der Waals surface area contributed by atoms with Gasteiger partial charge < -0.3 is 10.2 Å². The van der Waals surface area contributed by atoms with E-state index in [9.17, 15) is 24.1 Å². The number of rotatable bonds is 3. The van der Waals surface area contributed by atoms with Crippen molar-refractivity contribution in [3.8, 4) is 0 Å². The minimum absolute atomic E-state index is 0.105. The number of likely N-dealkylation sites (tertiary alicyclic amines) is 1. The van der Waals surface area contributed by atoms with E-state index in [0.29, 0.717) is 19.4 Å². The summed E-state index contributed by atoms with van der Waals surface area (Å²) in [6.45, 7) is 3.07. The van der Waals surface area contributed by atoms with Crippen molar-refractivity contribution in [2.24, 2.45) is 0 Å². The van der Waals surface area contributed by atoms with Gasteiger partial charge in [-0.3, -0.25) is 19.7 Å². The number of amides is 2. The van der Waals surface area contributed by atoms with E-state index in [-0.39, 0.29) is 22.8 Å². The van der Waals surface area contributed by atoms with E-state index in [4.69, 9.17) is 0 Å². The number of carbonyl (C=O) groups excluding carboxylic acids is 2. The molecule has 1 aromatic carbocycles. The summed E-state index contributed by atoms with van der Waals surface area (Å²) in [6.07, 6.45) is 1.26. The third-order valence-corrected chi connectivity index (χ3v) is 3.64. The number of anilines is 1. The van der Waals surface area contributed by atoms with E-state index in [1.165, 1.54) is 18.7 Å². The molecule has 0 aliphatic carbocycles. The van der Waals surface area contributed by atoms with Crippen molar-refractivity contribution in [1.29, 1.82) is 0 Å². The summed E-state index contributed by atoms with van der Waals surface area (Å²) in [5, 5.41) is 13.4. The van der Waals surface area contributed by atoms with Crippen LogP contribution in [0, 0.1) is 15.9 Å². The molecule has 2 amide bonds. The minimum Gasteiger partial charge on any atom is -0.336 e. The zero-order valence-corrected chi connectivity index (χ0v) is 12.3. The molecule has 7 nitrogen and oxygen atoms in total. The van der Waals surface area contributed by atoms with Gasteiger partial charge in [-0.05, 0) is 12.8 Å². The number of nitrogens with one attached hydrogen (secondary N) is 1. The molecule has 1 N–H and O–H groups in total. The highest BCUT2D eigenvalue weighted by atomic mass is 19.1.